The van der Waals surface area contributed by atoms with E-state index in [2.05, 4.69) is 30.3 Å². The van der Waals surface area contributed by atoms with Crippen LogP contribution in [0, 0.1) is 19.3 Å². The number of nitrogens with one attached hydrogen (secondary N) is 4. The molecule has 2 heterocycles. The van der Waals surface area contributed by atoms with Gasteiger partial charge in [-0.25, -0.2) is 19.3 Å². The Labute approximate surface area is 290 Å². The Morgan fingerprint density at radius 3 is 2.47 bits per heavy atom. The van der Waals surface area contributed by atoms with Crippen LogP contribution in [0.1, 0.15) is 56.4 Å². The third kappa shape index (κ3) is 10.4. The van der Waals surface area contributed by atoms with E-state index in [0.29, 0.717) is 34.5 Å². The number of H-pyrrole nitrogens is 1. The minimum atomic E-state index is -4.73. The zero-order valence-electron chi connectivity index (χ0n) is 27.5. The van der Waals surface area contributed by atoms with Crippen molar-refractivity contribution in [3.8, 4) is 5.75 Å². The molecular weight excluding hydrogens is 689 g/mol. The average molecular weight is 724 g/mol. The number of amides is 3. The molecule has 4 aromatic rings. The number of phosphoric ester groups is 1. The highest BCUT2D eigenvalue weighted by atomic mass is 31.2. The van der Waals surface area contributed by atoms with Gasteiger partial charge in [-0.05, 0) is 61.2 Å². The number of carbonyl (C=O) groups excluding carboxylic acids is 4. The van der Waals surface area contributed by atoms with Crippen LogP contribution in [0.5, 0.6) is 5.75 Å². The fourth-order valence-corrected chi connectivity index (χ4v) is 4.97. The number of carbonyl (C=O) groups is 4. The second-order valence-corrected chi connectivity index (χ2v) is 11.9. The summed E-state index contributed by atoms with van der Waals surface area (Å²) < 4.78 is 30.2. The van der Waals surface area contributed by atoms with E-state index in [1.807, 2.05) is 0 Å². The summed E-state index contributed by atoms with van der Waals surface area (Å²) >= 11 is 0. The lowest BCUT2D eigenvalue weighted by Gasteiger charge is -2.19. The number of amidine groups is 1. The van der Waals surface area contributed by atoms with Crippen LogP contribution in [0.25, 0.3) is 0 Å². The molecule has 2 aromatic carbocycles. The molecule has 19 heteroatoms. The molecule has 0 saturated carbocycles. The molecule has 51 heavy (non-hydrogen) atoms. The molecule has 0 saturated heterocycles. The Hall–Kier alpha value is -6.10. The molecule has 0 spiro atoms. The summed E-state index contributed by atoms with van der Waals surface area (Å²) in [6, 6.07) is 11.8. The monoisotopic (exact) mass is 723 g/mol. The molecule has 3 amide bonds. The van der Waals surface area contributed by atoms with Gasteiger partial charge in [0.1, 0.15) is 18.4 Å². The number of anilines is 2. The van der Waals surface area contributed by atoms with Crippen LogP contribution < -0.4 is 15.2 Å². The fraction of sp³-hybridized carbons (Fsp3) is 0.219. The number of imide groups is 1. The maximum atomic E-state index is 13.6. The molecule has 0 aliphatic heterocycles. The predicted octanol–water partition coefficient (Wildman–Crippen LogP) is 4.54. The topological polar surface area (TPSA) is 259 Å². The van der Waals surface area contributed by atoms with Crippen molar-refractivity contribution in [3.05, 3.63) is 94.5 Å². The average Bonchev–Trinajstić information content (AvgIpc) is 3.73. The standard InChI is InChI=1S/C32H34N7O11P/c1-4-12-39(32(43)48-18-47-27(40)14-21-6-9-23(10-7-21)50-51(44,45)46)31(42)24-16-34-28(20(24)3)29(35-17-33)36-25-15-22(8-5-19(25)2)30(41)37-26-11-13-49-38-26/h5-11,13,15-17,34H,4,12,14,18H2,1-3H3,(H2,33,35,36)(H,37,38,41)(H2,44,45,46). The minimum absolute atomic E-state index is 0.0172. The number of nitrogens with zero attached hydrogens (tertiary/aromatic N) is 3. The van der Waals surface area contributed by atoms with Crippen LogP contribution in [-0.4, -0.2) is 74.2 Å². The van der Waals surface area contributed by atoms with Crippen molar-refractivity contribution in [2.45, 2.75) is 33.6 Å². The first kappa shape index (κ1) is 37.7. The SMILES string of the molecule is CCCN(C(=O)OCOC(=O)Cc1ccc(OP(=O)(O)O)cc1)C(=O)c1c[nH]c(/C(=N\C=N)Nc2cc(C(=O)Nc3ccon3)ccc2C)c1C. The van der Waals surface area contributed by atoms with E-state index in [1.165, 1.54) is 42.8 Å². The lowest BCUT2D eigenvalue weighted by atomic mass is 10.1. The lowest BCUT2D eigenvalue weighted by molar-refractivity contribution is -0.151. The number of esters is 1. The minimum Gasteiger partial charge on any atom is -0.428 e. The smallest absolute Gasteiger partial charge is 0.428 e. The molecule has 2 aromatic heterocycles. The maximum absolute atomic E-state index is 13.6. The first-order chi connectivity index (χ1) is 24.3. The van der Waals surface area contributed by atoms with Gasteiger partial charge in [-0.15, -0.1) is 0 Å². The molecule has 0 radical (unpaired) electrons. The van der Waals surface area contributed by atoms with E-state index in [-0.39, 0.29) is 35.9 Å². The van der Waals surface area contributed by atoms with Gasteiger partial charge in [0.2, 0.25) is 6.79 Å². The molecule has 0 bridgehead atoms. The van der Waals surface area contributed by atoms with Gasteiger partial charge in [-0.1, -0.05) is 30.3 Å². The number of rotatable bonds is 14. The molecule has 0 unspecified atom stereocenters. The van der Waals surface area contributed by atoms with Crippen LogP contribution in [0.4, 0.5) is 16.3 Å². The number of aromatic amines is 1. The van der Waals surface area contributed by atoms with E-state index in [0.717, 1.165) is 16.8 Å². The summed E-state index contributed by atoms with van der Waals surface area (Å²) in [4.78, 5) is 77.3. The zero-order valence-corrected chi connectivity index (χ0v) is 28.4. The molecule has 0 fully saturated rings. The van der Waals surface area contributed by atoms with E-state index >= 15 is 0 Å². The number of aromatic nitrogens is 2. The molecule has 268 valence electrons. The van der Waals surface area contributed by atoms with Crippen LogP contribution in [0.15, 0.2) is 70.5 Å². The maximum Gasteiger partial charge on any atom is 0.524 e. The number of hydrogen-bond donors (Lipinski definition) is 6. The van der Waals surface area contributed by atoms with Gasteiger partial charge in [0, 0.05) is 30.1 Å². The highest BCUT2D eigenvalue weighted by Gasteiger charge is 2.28. The third-order valence-electron chi connectivity index (χ3n) is 7.04. The summed E-state index contributed by atoms with van der Waals surface area (Å²) in [7, 11) is -4.73. The van der Waals surface area contributed by atoms with Gasteiger partial charge < -0.3 is 34.1 Å². The second-order valence-electron chi connectivity index (χ2n) is 10.7. The lowest BCUT2D eigenvalue weighted by Crippen LogP contribution is -2.38. The first-order valence-corrected chi connectivity index (χ1v) is 16.7. The highest BCUT2D eigenvalue weighted by Crippen LogP contribution is 2.37. The second kappa shape index (κ2) is 17.0. The van der Waals surface area contributed by atoms with Crippen molar-refractivity contribution in [1.82, 2.24) is 15.0 Å². The van der Waals surface area contributed by atoms with Crippen LogP contribution >= 0.6 is 7.82 Å². The van der Waals surface area contributed by atoms with Gasteiger partial charge in [0.15, 0.2) is 11.7 Å². The highest BCUT2D eigenvalue weighted by molar-refractivity contribution is 7.46. The molecule has 0 aliphatic carbocycles. The molecular formula is C32H34N7O11P. The van der Waals surface area contributed by atoms with Gasteiger partial charge in [0.25, 0.3) is 11.8 Å². The van der Waals surface area contributed by atoms with E-state index in [4.69, 9.17) is 29.2 Å². The number of ether oxygens (including phenoxy) is 2. The summed E-state index contributed by atoms with van der Waals surface area (Å²) in [6.07, 6.45) is 2.60. The third-order valence-corrected chi connectivity index (χ3v) is 7.49. The Balaban J connectivity index is 1.41. The van der Waals surface area contributed by atoms with Crippen LogP contribution in [0.3, 0.4) is 0 Å². The summed E-state index contributed by atoms with van der Waals surface area (Å²) in [5.74, 6) is -1.63. The Bertz CT molecular complexity index is 1970. The molecule has 0 atom stereocenters. The fourth-order valence-electron chi connectivity index (χ4n) is 4.57. The normalized spacial score (nSPS) is 11.4. The van der Waals surface area contributed by atoms with Crippen molar-refractivity contribution in [1.29, 1.82) is 5.41 Å². The predicted molar refractivity (Wildman–Crippen MR) is 182 cm³/mol. The van der Waals surface area contributed by atoms with Crippen molar-refractivity contribution in [3.63, 3.8) is 0 Å². The number of aryl methyl sites for hydroxylation is 1. The van der Waals surface area contributed by atoms with E-state index < -0.39 is 38.5 Å². The Kier molecular flexibility index (Phi) is 12.6. The number of hydrogen-bond acceptors (Lipinski definition) is 11. The van der Waals surface area contributed by atoms with Gasteiger partial charge in [-0.2, -0.15) is 0 Å². The summed E-state index contributed by atoms with van der Waals surface area (Å²) in [6.45, 7) is 4.38. The molecule has 6 N–H and O–H groups in total. The molecule has 18 nitrogen and oxygen atoms in total. The van der Waals surface area contributed by atoms with Crippen LogP contribution in [0.2, 0.25) is 0 Å². The first-order valence-electron chi connectivity index (χ1n) is 15.1. The quantitative estimate of drug-likeness (QED) is 0.0344. The zero-order chi connectivity index (χ0) is 37.1. The number of phosphoric acid groups is 1. The molecule has 0 aliphatic rings. The molecule has 4 rings (SSSR count). The van der Waals surface area contributed by atoms with Crippen molar-refractivity contribution >= 4 is 55.4 Å². The van der Waals surface area contributed by atoms with Crippen LogP contribution in [-0.2, 0) is 25.3 Å². The van der Waals surface area contributed by atoms with Gasteiger partial charge in [-0.3, -0.25) is 29.6 Å². The van der Waals surface area contributed by atoms with Crippen molar-refractivity contribution < 1.29 is 52.1 Å². The summed E-state index contributed by atoms with van der Waals surface area (Å²) in [5, 5.41) is 17.0. The van der Waals surface area contributed by atoms with Gasteiger partial charge in [0.05, 0.1) is 17.7 Å². The summed E-state index contributed by atoms with van der Waals surface area (Å²) in [5.41, 5.74) is 2.79. The Morgan fingerprint density at radius 1 is 1.08 bits per heavy atom. The Morgan fingerprint density at radius 2 is 1.82 bits per heavy atom. The van der Waals surface area contributed by atoms with E-state index in [1.54, 1.807) is 39.0 Å². The van der Waals surface area contributed by atoms with Crippen molar-refractivity contribution in [2.24, 2.45) is 4.99 Å². The number of benzene rings is 2. The van der Waals surface area contributed by atoms with Crippen molar-refractivity contribution in [2.75, 3.05) is 24.0 Å². The largest absolute Gasteiger partial charge is 0.524 e. The van der Waals surface area contributed by atoms with Gasteiger partial charge >= 0.3 is 19.9 Å². The number of aliphatic imine (C=N–C) groups is 1. The van der Waals surface area contributed by atoms with E-state index in [9.17, 15) is 23.7 Å².